The summed E-state index contributed by atoms with van der Waals surface area (Å²) in [5, 5.41) is 2.76. The van der Waals surface area contributed by atoms with E-state index in [0.717, 1.165) is 11.3 Å². The van der Waals surface area contributed by atoms with Crippen molar-refractivity contribution in [2.45, 2.75) is 6.54 Å². The van der Waals surface area contributed by atoms with Gasteiger partial charge in [-0.2, -0.15) is 0 Å². The fourth-order valence-electron chi connectivity index (χ4n) is 1.73. The SMILES string of the molecule is COc1ccccc1CNC(=O)c1cc(C=O)c[nH]1. The van der Waals surface area contributed by atoms with E-state index in [1.165, 1.54) is 12.3 Å². The highest BCUT2D eigenvalue weighted by molar-refractivity contribution is 5.94. The van der Waals surface area contributed by atoms with Crippen molar-refractivity contribution in [3.05, 3.63) is 53.3 Å². The van der Waals surface area contributed by atoms with Gasteiger partial charge in [0.1, 0.15) is 11.4 Å². The van der Waals surface area contributed by atoms with Gasteiger partial charge in [-0.1, -0.05) is 18.2 Å². The van der Waals surface area contributed by atoms with Crippen molar-refractivity contribution in [3.8, 4) is 5.75 Å². The molecule has 0 aliphatic carbocycles. The lowest BCUT2D eigenvalue weighted by molar-refractivity contribution is 0.0946. The Morgan fingerprint density at radius 3 is 2.89 bits per heavy atom. The van der Waals surface area contributed by atoms with Crippen LogP contribution in [0.5, 0.6) is 5.75 Å². The molecule has 5 heteroatoms. The van der Waals surface area contributed by atoms with E-state index >= 15 is 0 Å². The number of aromatic amines is 1. The van der Waals surface area contributed by atoms with Gasteiger partial charge in [-0.25, -0.2) is 0 Å². The number of carbonyl (C=O) groups excluding carboxylic acids is 2. The third-order valence-electron chi connectivity index (χ3n) is 2.72. The Morgan fingerprint density at radius 1 is 1.42 bits per heavy atom. The maximum Gasteiger partial charge on any atom is 0.267 e. The van der Waals surface area contributed by atoms with E-state index in [4.69, 9.17) is 4.74 Å². The first kappa shape index (κ1) is 12.9. The summed E-state index contributed by atoms with van der Waals surface area (Å²) in [7, 11) is 1.59. The number of nitrogens with one attached hydrogen (secondary N) is 2. The molecule has 0 spiro atoms. The molecule has 1 aromatic carbocycles. The third kappa shape index (κ3) is 3.01. The first-order valence-corrected chi connectivity index (χ1v) is 5.78. The molecule has 0 saturated heterocycles. The summed E-state index contributed by atoms with van der Waals surface area (Å²) >= 11 is 0. The van der Waals surface area contributed by atoms with Crippen LogP contribution in [0.4, 0.5) is 0 Å². The van der Waals surface area contributed by atoms with Crippen LogP contribution in [0.25, 0.3) is 0 Å². The van der Waals surface area contributed by atoms with Crippen LogP contribution in [0.3, 0.4) is 0 Å². The molecule has 2 N–H and O–H groups in total. The molecule has 2 aromatic rings. The summed E-state index contributed by atoms with van der Waals surface area (Å²) < 4.78 is 5.20. The Bertz CT molecular complexity index is 590. The average Bonchev–Trinajstić information content (AvgIpc) is 2.94. The molecule has 0 radical (unpaired) electrons. The lowest BCUT2D eigenvalue weighted by atomic mass is 10.2. The van der Waals surface area contributed by atoms with Gasteiger partial charge < -0.3 is 15.0 Å². The zero-order valence-corrected chi connectivity index (χ0v) is 10.5. The van der Waals surface area contributed by atoms with Crippen LogP contribution < -0.4 is 10.1 Å². The molecule has 0 aliphatic rings. The van der Waals surface area contributed by atoms with E-state index in [0.29, 0.717) is 24.1 Å². The van der Waals surface area contributed by atoms with Gasteiger partial charge in [-0.15, -0.1) is 0 Å². The number of ether oxygens (including phenoxy) is 1. The lowest BCUT2D eigenvalue weighted by Gasteiger charge is -2.08. The van der Waals surface area contributed by atoms with E-state index in [2.05, 4.69) is 10.3 Å². The highest BCUT2D eigenvalue weighted by Crippen LogP contribution is 2.16. The van der Waals surface area contributed by atoms with E-state index in [9.17, 15) is 9.59 Å². The van der Waals surface area contributed by atoms with Crippen LogP contribution >= 0.6 is 0 Å². The second kappa shape index (κ2) is 5.86. The molecule has 0 fully saturated rings. The minimum absolute atomic E-state index is 0.265. The monoisotopic (exact) mass is 258 g/mol. The van der Waals surface area contributed by atoms with Gasteiger partial charge in [0.05, 0.1) is 7.11 Å². The zero-order chi connectivity index (χ0) is 13.7. The highest BCUT2D eigenvalue weighted by Gasteiger charge is 2.09. The largest absolute Gasteiger partial charge is 0.496 e. The van der Waals surface area contributed by atoms with Crippen LogP contribution in [-0.2, 0) is 6.54 Å². The van der Waals surface area contributed by atoms with Crippen molar-refractivity contribution < 1.29 is 14.3 Å². The van der Waals surface area contributed by atoms with Crippen molar-refractivity contribution in [1.29, 1.82) is 0 Å². The molecule has 0 bridgehead atoms. The van der Waals surface area contributed by atoms with Crippen LogP contribution in [-0.4, -0.2) is 24.3 Å². The minimum atomic E-state index is -0.265. The van der Waals surface area contributed by atoms with Gasteiger partial charge in [0.2, 0.25) is 0 Å². The van der Waals surface area contributed by atoms with Crippen molar-refractivity contribution in [3.63, 3.8) is 0 Å². The molecule has 0 saturated carbocycles. The predicted molar refractivity (Wildman–Crippen MR) is 70.3 cm³/mol. The smallest absolute Gasteiger partial charge is 0.267 e. The molecule has 19 heavy (non-hydrogen) atoms. The first-order valence-electron chi connectivity index (χ1n) is 5.78. The Hall–Kier alpha value is -2.56. The predicted octanol–water partition coefficient (Wildman–Crippen LogP) is 1.77. The van der Waals surface area contributed by atoms with Crippen LogP contribution in [0.15, 0.2) is 36.5 Å². The molecule has 0 atom stereocenters. The Balaban J connectivity index is 2.02. The van der Waals surface area contributed by atoms with Gasteiger partial charge in [0.25, 0.3) is 5.91 Å². The van der Waals surface area contributed by atoms with Crippen molar-refractivity contribution in [2.75, 3.05) is 7.11 Å². The number of hydrogen-bond acceptors (Lipinski definition) is 3. The number of carbonyl (C=O) groups is 2. The van der Waals surface area contributed by atoms with E-state index in [1.54, 1.807) is 7.11 Å². The summed E-state index contributed by atoms with van der Waals surface area (Å²) in [6.45, 7) is 0.359. The van der Waals surface area contributed by atoms with Gasteiger partial charge >= 0.3 is 0 Å². The van der Waals surface area contributed by atoms with Crippen LogP contribution in [0.1, 0.15) is 26.4 Å². The van der Waals surface area contributed by atoms with Gasteiger partial charge in [-0.05, 0) is 12.1 Å². The minimum Gasteiger partial charge on any atom is -0.496 e. The number of hydrogen-bond donors (Lipinski definition) is 2. The molecule has 2 rings (SSSR count). The maximum atomic E-state index is 11.8. The second-order valence-electron chi connectivity index (χ2n) is 3.96. The van der Waals surface area contributed by atoms with Crippen LogP contribution in [0, 0.1) is 0 Å². The molecule has 1 heterocycles. The Labute approximate surface area is 110 Å². The molecule has 1 aromatic heterocycles. The Kier molecular flexibility index (Phi) is 3.97. The summed E-state index contributed by atoms with van der Waals surface area (Å²) in [5.74, 6) is 0.460. The average molecular weight is 258 g/mol. The van der Waals surface area contributed by atoms with E-state index in [-0.39, 0.29) is 5.91 Å². The third-order valence-corrected chi connectivity index (χ3v) is 2.72. The summed E-state index contributed by atoms with van der Waals surface area (Å²) in [4.78, 5) is 25.1. The molecular weight excluding hydrogens is 244 g/mol. The highest BCUT2D eigenvalue weighted by atomic mass is 16.5. The van der Waals surface area contributed by atoms with Crippen molar-refractivity contribution >= 4 is 12.2 Å². The van der Waals surface area contributed by atoms with Crippen molar-refractivity contribution in [1.82, 2.24) is 10.3 Å². The lowest BCUT2D eigenvalue weighted by Crippen LogP contribution is -2.23. The topological polar surface area (TPSA) is 71.2 Å². The molecule has 1 amide bonds. The van der Waals surface area contributed by atoms with E-state index < -0.39 is 0 Å². The standard InChI is InChI=1S/C14H14N2O3/c1-19-13-5-3-2-4-11(13)8-16-14(18)12-6-10(9-17)7-15-12/h2-7,9,15H,8H2,1H3,(H,16,18). The summed E-state index contributed by atoms with van der Waals surface area (Å²) in [6.07, 6.45) is 2.18. The second-order valence-corrected chi connectivity index (χ2v) is 3.96. The number of H-pyrrole nitrogens is 1. The number of para-hydroxylation sites is 1. The number of aldehydes is 1. The number of methoxy groups -OCH3 is 1. The van der Waals surface area contributed by atoms with Gasteiger partial charge in [0.15, 0.2) is 6.29 Å². The molecule has 0 aliphatic heterocycles. The molecule has 5 nitrogen and oxygen atoms in total. The summed E-state index contributed by atoms with van der Waals surface area (Å²) in [6, 6.07) is 8.96. The van der Waals surface area contributed by atoms with Gasteiger partial charge in [-0.3, -0.25) is 9.59 Å². The normalized spacial score (nSPS) is 9.95. The first-order chi connectivity index (χ1) is 9.24. The number of aromatic nitrogens is 1. The van der Waals surface area contributed by atoms with Crippen LogP contribution in [0.2, 0.25) is 0 Å². The quantitative estimate of drug-likeness (QED) is 0.803. The summed E-state index contributed by atoms with van der Waals surface area (Å²) in [5.41, 5.74) is 1.69. The molecular formula is C14H14N2O3. The number of rotatable bonds is 5. The fraction of sp³-hybridized carbons (Fsp3) is 0.143. The fourth-order valence-corrected chi connectivity index (χ4v) is 1.73. The number of benzene rings is 1. The maximum absolute atomic E-state index is 11.8. The zero-order valence-electron chi connectivity index (χ0n) is 10.5. The van der Waals surface area contributed by atoms with Gasteiger partial charge in [0, 0.05) is 23.9 Å². The number of amides is 1. The van der Waals surface area contributed by atoms with E-state index in [1.807, 2.05) is 24.3 Å². The molecule has 98 valence electrons. The van der Waals surface area contributed by atoms with Crippen molar-refractivity contribution in [2.24, 2.45) is 0 Å². The Morgan fingerprint density at radius 2 is 2.21 bits per heavy atom. The molecule has 0 unspecified atom stereocenters.